The van der Waals surface area contributed by atoms with Gasteiger partial charge in [-0.3, -0.25) is 0 Å². The van der Waals surface area contributed by atoms with E-state index in [4.69, 9.17) is 4.74 Å². The highest BCUT2D eigenvalue weighted by Gasteiger charge is 2.43. The van der Waals surface area contributed by atoms with Crippen molar-refractivity contribution in [2.24, 2.45) is 0 Å². The SMILES string of the molecule is CO[C@H]1O[C@H](CF)[C@@H](O)[C@H](O)[C@@H]1O. The van der Waals surface area contributed by atoms with Crippen LogP contribution in [0.5, 0.6) is 0 Å². The van der Waals surface area contributed by atoms with Gasteiger partial charge >= 0.3 is 0 Å². The number of hydrogen-bond acceptors (Lipinski definition) is 5. The highest BCUT2D eigenvalue weighted by Crippen LogP contribution is 2.21. The van der Waals surface area contributed by atoms with Crippen molar-refractivity contribution in [1.82, 2.24) is 0 Å². The highest BCUT2D eigenvalue weighted by atomic mass is 19.1. The summed E-state index contributed by atoms with van der Waals surface area (Å²) in [7, 11) is 1.26. The quantitative estimate of drug-likeness (QED) is 0.496. The van der Waals surface area contributed by atoms with Crippen molar-refractivity contribution in [3.05, 3.63) is 0 Å². The number of alkyl halides is 1. The number of aliphatic hydroxyl groups excluding tert-OH is 3. The maximum absolute atomic E-state index is 12.2. The van der Waals surface area contributed by atoms with Gasteiger partial charge in [0.25, 0.3) is 0 Å². The predicted molar refractivity (Wildman–Crippen MR) is 39.7 cm³/mol. The summed E-state index contributed by atoms with van der Waals surface area (Å²) in [5, 5.41) is 27.7. The first-order valence-corrected chi connectivity index (χ1v) is 3.90. The van der Waals surface area contributed by atoms with Crippen molar-refractivity contribution in [1.29, 1.82) is 0 Å². The number of methoxy groups -OCH3 is 1. The predicted octanol–water partition coefficient (Wildman–Crippen LogP) is -1.59. The number of hydrogen-bond donors (Lipinski definition) is 3. The molecule has 0 aliphatic carbocycles. The van der Waals surface area contributed by atoms with Gasteiger partial charge in [-0.2, -0.15) is 0 Å². The normalized spacial score (nSPS) is 46.4. The summed E-state index contributed by atoms with van der Waals surface area (Å²) in [6, 6.07) is 0. The van der Waals surface area contributed by atoms with E-state index < -0.39 is 37.4 Å². The Morgan fingerprint density at radius 2 is 1.85 bits per heavy atom. The van der Waals surface area contributed by atoms with Crippen molar-refractivity contribution in [3.63, 3.8) is 0 Å². The van der Waals surface area contributed by atoms with E-state index in [1.165, 1.54) is 7.11 Å². The Hall–Kier alpha value is -0.270. The average molecular weight is 196 g/mol. The van der Waals surface area contributed by atoms with Crippen LogP contribution in [0.1, 0.15) is 0 Å². The molecule has 0 aromatic carbocycles. The fourth-order valence-electron chi connectivity index (χ4n) is 1.24. The second kappa shape index (κ2) is 4.30. The van der Waals surface area contributed by atoms with Crippen LogP contribution in [0.25, 0.3) is 0 Å². The lowest BCUT2D eigenvalue weighted by Crippen LogP contribution is -2.58. The largest absolute Gasteiger partial charge is 0.387 e. The second-order valence-corrected chi connectivity index (χ2v) is 2.90. The molecule has 1 aliphatic rings. The lowest BCUT2D eigenvalue weighted by molar-refractivity contribution is -0.291. The first kappa shape index (κ1) is 10.8. The van der Waals surface area contributed by atoms with Crippen LogP contribution in [0.2, 0.25) is 0 Å². The van der Waals surface area contributed by atoms with Gasteiger partial charge in [0.2, 0.25) is 0 Å². The van der Waals surface area contributed by atoms with Crippen LogP contribution in [0.3, 0.4) is 0 Å². The van der Waals surface area contributed by atoms with Crippen molar-refractivity contribution in [2.45, 2.75) is 30.7 Å². The van der Waals surface area contributed by atoms with Crippen LogP contribution in [0.4, 0.5) is 4.39 Å². The van der Waals surface area contributed by atoms with Crippen LogP contribution in [-0.4, -0.2) is 59.8 Å². The van der Waals surface area contributed by atoms with Gasteiger partial charge in [0, 0.05) is 7.11 Å². The average Bonchev–Trinajstić information content (AvgIpc) is 2.15. The molecule has 0 aromatic heterocycles. The summed E-state index contributed by atoms with van der Waals surface area (Å²) in [6.07, 6.45) is -6.48. The second-order valence-electron chi connectivity index (χ2n) is 2.90. The van der Waals surface area contributed by atoms with E-state index in [-0.39, 0.29) is 0 Å². The van der Waals surface area contributed by atoms with E-state index in [0.29, 0.717) is 0 Å². The van der Waals surface area contributed by atoms with Gasteiger partial charge in [0.1, 0.15) is 31.1 Å². The molecule has 1 rings (SSSR count). The van der Waals surface area contributed by atoms with Crippen LogP contribution >= 0.6 is 0 Å². The van der Waals surface area contributed by atoms with Gasteiger partial charge in [-0.1, -0.05) is 0 Å². The van der Waals surface area contributed by atoms with Crippen molar-refractivity contribution in [2.75, 3.05) is 13.8 Å². The molecular weight excluding hydrogens is 183 g/mol. The van der Waals surface area contributed by atoms with E-state index in [1.807, 2.05) is 0 Å². The minimum Gasteiger partial charge on any atom is -0.387 e. The first-order valence-electron chi connectivity index (χ1n) is 3.90. The Kier molecular flexibility index (Phi) is 3.57. The van der Waals surface area contributed by atoms with E-state index in [1.54, 1.807) is 0 Å². The van der Waals surface area contributed by atoms with Crippen LogP contribution < -0.4 is 0 Å². The molecule has 0 saturated carbocycles. The van der Waals surface area contributed by atoms with Crippen molar-refractivity contribution in [3.8, 4) is 0 Å². The first-order chi connectivity index (χ1) is 6.11. The molecule has 0 radical (unpaired) electrons. The van der Waals surface area contributed by atoms with Gasteiger partial charge in [0.15, 0.2) is 6.29 Å². The summed E-state index contributed by atoms with van der Waals surface area (Å²) in [5.74, 6) is 0. The summed E-state index contributed by atoms with van der Waals surface area (Å²) in [5.41, 5.74) is 0. The Labute approximate surface area is 74.7 Å². The smallest absolute Gasteiger partial charge is 0.186 e. The Morgan fingerprint density at radius 3 is 2.31 bits per heavy atom. The molecule has 0 spiro atoms. The molecule has 3 N–H and O–H groups in total. The summed E-state index contributed by atoms with van der Waals surface area (Å²) in [4.78, 5) is 0. The van der Waals surface area contributed by atoms with Crippen molar-refractivity contribution < 1.29 is 29.2 Å². The van der Waals surface area contributed by atoms with Crippen LogP contribution in [0.15, 0.2) is 0 Å². The minimum atomic E-state index is -1.44. The lowest BCUT2D eigenvalue weighted by Gasteiger charge is -2.38. The zero-order valence-corrected chi connectivity index (χ0v) is 7.13. The summed E-state index contributed by atoms with van der Waals surface area (Å²) >= 11 is 0. The molecule has 1 heterocycles. The third kappa shape index (κ3) is 1.97. The number of aliphatic hydroxyl groups is 3. The minimum absolute atomic E-state index is 0.940. The summed E-state index contributed by atoms with van der Waals surface area (Å²) < 4.78 is 21.7. The number of rotatable bonds is 2. The molecule has 1 fully saturated rings. The molecule has 0 aromatic rings. The molecular formula is C7H13FO5. The molecule has 13 heavy (non-hydrogen) atoms. The highest BCUT2D eigenvalue weighted by molar-refractivity contribution is 4.88. The Morgan fingerprint density at radius 1 is 1.23 bits per heavy atom. The molecule has 1 aliphatic heterocycles. The topological polar surface area (TPSA) is 79.2 Å². The molecule has 78 valence electrons. The standard InChI is InChI=1S/C7H13FO5/c1-12-7-6(11)5(10)4(9)3(2-8)13-7/h3-7,9-11H,2H2,1H3/t3-,4-,5+,6+,7+/m1/s1. The molecule has 0 bridgehead atoms. The maximum Gasteiger partial charge on any atom is 0.186 e. The number of halogens is 1. The monoisotopic (exact) mass is 196 g/mol. The molecule has 0 unspecified atom stereocenters. The van der Waals surface area contributed by atoms with Gasteiger partial charge in [-0.05, 0) is 0 Å². The third-order valence-corrected chi connectivity index (χ3v) is 2.05. The van der Waals surface area contributed by atoms with E-state index in [2.05, 4.69) is 4.74 Å². The molecule has 1 saturated heterocycles. The Balaban J connectivity index is 2.66. The summed E-state index contributed by atoms with van der Waals surface area (Å²) in [6.45, 7) is -0.940. The van der Waals surface area contributed by atoms with Gasteiger partial charge in [-0.15, -0.1) is 0 Å². The van der Waals surface area contributed by atoms with Gasteiger partial charge in [-0.25, -0.2) is 4.39 Å². The third-order valence-electron chi connectivity index (χ3n) is 2.05. The van der Waals surface area contributed by atoms with Gasteiger partial charge in [0.05, 0.1) is 0 Å². The zero-order chi connectivity index (χ0) is 10.0. The maximum atomic E-state index is 12.2. The number of ether oxygens (including phenoxy) is 2. The van der Waals surface area contributed by atoms with Gasteiger partial charge < -0.3 is 24.8 Å². The lowest BCUT2D eigenvalue weighted by atomic mass is 10.00. The fourth-order valence-corrected chi connectivity index (χ4v) is 1.24. The van der Waals surface area contributed by atoms with Crippen molar-refractivity contribution >= 4 is 0 Å². The van der Waals surface area contributed by atoms with E-state index in [0.717, 1.165) is 0 Å². The van der Waals surface area contributed by atoms with E-state index >= 15 is 0 Å². The molecule has 5 nitrogen and oxygen atoms in total. The van der Waals surface area contributed by atoms with Crippen LogP contribution in [0, 0.1) is 0 Å². The molecule has 5 atom stereocenters. The van der Waals surface area contributed by atoms with E-state index in [9.17, 15) is 19.7 Å². The zero-order valence-electron chi connectivity index (χ0n) is 7.13. The Bertz CT molecular complexity index is 147. The fraction of sp³-hybridized carbons (Fsp3) is 1.00. The van der Waals surface area contributed by atoms with Crippen LogP contribution in [-0.2, 0) is 9.47 Å². The molecule has 0 amide bonds. The molecule has 6 heteroatoms.